The van der Waals surface area contributed by atoms with Crippen molar-refractivity contribution in [3.63, 3.8) is 0 Å². The predicted molar refractivity (Wildman–Crippen MR) is 93.6 cm³/mol. The number of rotatable bonds is 7. The van der Waals surface area contributed by atoms with E-state index in [-0.39, 0.29) is 0 Å². The van der Waals surface area contributed by atoms with Crippen LogP contribution in [0.4, 0.5) is 0 Å². The standard InChI is InChI=1S/C18H24NO2P/c1-15-5-3-6-18(13-15)17-9-7-16(8-10-17)14-19-11-4-12-22(2,20)21/h3,5-10,13,19H,4,11-12,14H2,1-2H3,(H,20,21). The average Bonchev–Trinajstić information content (AvgIpc) is 2.46. The van der Waals surface area contributed by atoms with Gasteiger partial charge in [0.05, 0.1) is 0 Å². The Kier molecular flexibility index (Phi) is 5.96. The summed E-state index contributed by atoms with van der Waals surface area (Å²) < 4.78 is 11.2. The Morgan fingerprint density at radius 2 is 1.82 bits per heavy atom. The van der Waals surface area contributed by atoms with E-state index in [4.69, 9.17) is 0 Å². The molecule has 2 aromatic carbocycles. The van der Waals surface area contributed by atoms with Crippen LogP contribution in [0.5, 0.6) is 0 Å². The van der Waals surface area contributed by atoms with E-state index in [1.807, 2.05) is 0 Å². The molecular formula is C18H24NO2P. The molecule has 22 heavy (non-hydrogen) atoms. The largest absolute Gasteiger partial charge is 0.344 e. The fourth-order valence-electron chi connectivity index (χ4n) is 2.37. The van der Waals surface area contributed by atoms with Gasteiger partial charge in [-0.3, -0.25) is 4.57 Å². The van der Waals surface area contributed by atoms with Gasteiger partial charge in [0.1, 0.15) is 0 Å². The van der Waals surface area contributed by atoms with E-state index in [2.05, 4.69) is 60.8 Å². The van der Waals surface area contributed by atoms with Crippen LogP contribution >= 0.6 is 7.37 Å². The van der Waals surface area contributed by atoms with Crippen molar-refractivity contribution >= 4 is 7.37 Å². The second-order valence-electron chi connectivity index (χ2n) is 5.87. The van der Waals surface area contributed by atoms with Crippen LogP contribution in [-0.2, 0) is 11.1 Å². The van der Waals surface area contributed by atoms with Crippen LogP contribution in [0, 0.1) is 6.92 Å². The van der Waals surface area contributed by atoms with Gasteiger partial charge in [-0.2, -0.15) is 0 Å². The molecule has 0 aliphatic rings. The molecule has 0 amide bonds. The summed E-state index contributed by atoms with van der Waals surface area (Å²) in [6.45, 7) is 5.06. The van der Waals surface area contributed by atoms with Crippen molar-refractivity contribution < 1.29 is 9.46 Å². The van der Waals surface area contributed by atoms with Gasteiger partial charge in [-0.15, -0.1) is 0 Å². The summed E-state index contributed by atoms with van der Waals surface area (Å²) in [5.41, 5.74) is 4.95. The van der Waals surface area contributed by atoms with Crippen molar-refractivity contribution in [3.8, 4) is 11.1 Å². The summed E-state index contributed by atoms with van der Waals surface area (Å²) in [5.74, 6) is 0. The molecule has 0 aliphatic carbocycles. The molecule has 3 nitrogen and oxygen atoms in total. The molecule has 118 valence electrons. The highest BCUT2D eigenvalue weighted by Gasteiger charge is 2.07. The van der Waals surface area contributed by atoms with E-state index in [0.29, 0.717) is 6.16 Å². The Hall–Kier alpha value is -1.41. The number of hydrogen-bond donors (Lipinski definition) is 2. The van der Waals surface area contributed by atoms with E-state index >= 15 is 0 Å². The zero-order valence-corrected chi connectivity index (χ0v) is 14.1. The fraction of sp³-hybridized carbons (Fsp3) is 0.333. The highest BCUT2D eigenvalue weighted by Crippen LogP contribution is 2.35. The lowest BCUT2D eigenvalue weighted by Crippen LogP contribution is -2.15. The molecule has 0 bridgehead atoms. The molecule has 0 spiro atoms. The number of nitrogens with one attached hydrogen (secondary N) is 1. The van der Waals surface area contributed by atoms with Gasteiger partial charge in [0.2, 0.25) is 0 Å². The van der Waals surface area contributed by atoms with Crippen molar-refractivity contribution in [2.75, 3.05) is 19.4 Å². The molecular weight excluding hydrogens is 293 g/mol. The quantitative estimate of drug-likeness (QED) is 0.598. The van der Waals surface area contributed by atoms with Gasteiger partial charge in [-0.1, -0.05) is 54.1 Å². The average molecular weight is 317 g/mol. The van der Waals surface area contributed by atoms with Gasteiger partial charge in [0.15, 0.2) is 7.37 Å². The van der Waals surface area contributed by atoms with Crippen molar-refractivity contribution in [1.29, 1.82) is 0 Å². The molecule has 0 saturated heterocycles. The van der Waals surface area contributed by atoms with Crippen LogP contribution in [0.3, 0.4) is 0 Å². The Bertz CT molecular complexity index is 646. The highest BCUT2D eigenvalue weighted by molar-refractivity contribution is 7.57. The van der Waals surface area contributed by atoms with Crippen LogP contribution in [-0.4, -0.2) is 24.3 Å². The molecule has 0 saturated carbocycles. The topological polar surface area (TPSA) is 49.3 Å². The first-order chi connectivity index (χ1) is 10.4. The van der Waals surface area contributed by atoms with E-state index in [1.165, 1.54) is 28.9 Å². The summed E-state index contributed by atoms with van der Waals surface area (Å²) >= 11 is 0. The van der Waals surface area contributed by atoms with Gasteiger partial charge in [-0.05, 0) is 36.6 Å². The van der Waals surface area contributed by atoms with E-state index in [0.717, 1.165) is 19.5 Å². The van der Waals surface area contributed by atoms with Gasteiger partial charge in [0.25, 0.3) is 0 Å². The molecule has 0 heterocycles. The van der Waals surface area contributed by atoms with Crippen molar-refractivity contribution in [2.24, 2.45) is 0 Å². The maximum atomic E-state index is 11.2. The summed E-state index contributed by atoms with van der Waals surface area (Å²) in [6.07, 6.45) is 1.11. The summed E-state index contributed by atoms with van der Waals surface area (Å²) in [6, 6.07) is 17.0. The molecule has 0 aliphatic heterocycles. The van der Waals surface area contributed by atoms with Gasteiger partial charge in [0, 0.05) is 19.4 Å². The Morgan fingerprint density at radius 1 is 1.09 bits per heavy atom. The predicted octanol–water partition coefficient (Wildman–Crippen LogP) is 4.04. The van der Waals surface area contributed by atoms with E-state index < -0.39 is 7.37 Å². The van der Waals surface area contributed by atoms with Crippen molar-refractivity contribution in [2.45, 2.75) is 19.9 Å². The van der Waals surface area contributed by atoms with Gasteiger partial charge >= 0.3 is 0 Å². The lowest BCUT2D eigenvalue weighted by molar-refractivity contribution is 0.481. The lowest BCUT2D eigenvalue weighted by Gasteiger charge is -2.08. The van der Waals surface area contributed by atoms with Crippen molar-refractivity contribution in [1.82, 2.24) is 5.32 Å². The van der Waals surface area contributed by atoms with Crippen LogP contribution in [0.25, 0.3) is 11.1 Å². The van der Waals surface area contributed by atoms with Crippen LogP contribution in [0.2, 0.25) is 0 Å². The molecule has 0 aromatic heterocycles. The van der Waals surface area contributed by atoms with E-state index in [9.17, 15) is 9.46 Å². The Morgan fingerprint density at radius 3 is 2.45 bits per heavy atom. The third kappa shape index (κ3) is 5.76. The molecule has 0 fully saturated rings. The van der Waals surface area contributed by atoms with E-state index in [1.54, 1.807) is 0 Å². The molecule has 2 N–H and O–H groups in total. The Balaban J connectivity index is 1.83. The smallest absolute Gasteiger partial charge is 0.197 e. The first-order valence-corrected chi connectivity index (χ1v) is 9.89. The van der Waals surface area contributed by atoms with Crippen LogP contribution in [0.1, 0.15) is 17.5 Å². The highest BCUT2D eigenvalue weighted by atomic mass is 31.2. The van der Waals surface area contributed by atoms with Crippen molar-refractivity contribution in [3.05, 3.63) is 59.7 Å². The minimum Gasteiger partial charge on any atom is -0.344 e. The maximum absolute atomic E-state index is 11.2. The van der Waals surface area contributed by atoms with Crippen LogP contribution in [0.15, 0.2) is 48.5 Å². The monoisotopic (exact) mass is 317 g/mol. The third-order valence-corrected chi connectivity index (χ3v) is 4.71. The zero-order chi connectivity index (χ0) is 16.0. The molecule has 0 radical (unpaired) electrons. The first kappa shape index (κ1) is 17.0. The minimum absolute atomic E-state index is 0.381. The lowest BCUT2D eigenvalue weighted by atomic mass is 10.0. The summed E-state index contributed by atoms with van der Waals surface area (Å²) in [4.78, 5) is 9.22. The maximum Gasteiger partial charge on any atom is 0.197 e. The number of aryl methyl sites for hydroxylation is 1. The van der Waals surface area contributed by atoms with Gasteiger partial charge < -0.3 is 10.2 Å². The SMILES string of the molecule is Cc1cccc(-c2ccc(CNCCCP(C)(=O)O)cc2)c1. The summed E-state index contributed by atoms with van der Waals surface area (Å²) in [5, 5.41) is 3.31. The number of hydrogen-bond acceptors (Lipinski definition) is 2. The normalized spacial score (nSPS) is 13.8. The third-order valence-electron chi connectivity index (χ3n) is 3.56. The molecule has 2 aromatic rings. The second-order valence-corrected chi connectivity index (χ2v) is 8.42. The summed E-state index contributed by atoms with van der Waals surface area (Å²) in [7, 11) is -2.86. The number of benzene rings is 2. The minimum atomic E-state index is -2.86. The molecule has 2 rings (SSSR count). The fourth-order valence-corrected chi connectivity index (χ4v) is 3.11. The molecule has 1 atom stereocenters. The molecule has 4 heteroatoms. The first-order valence-electron chi connectivity index (χ1n) is 7.60. The second kappa shape index (κ2) is 7.73. The molecule has 1 unspecified atom stereocenters. The van der Waals surface area contributed by atoms with Gasteiger partial charge in [-0.25, -0.2) is 0 Å². The van der Waals surface area contributed by atoms with Crippen LogP contribution < -0.4 is 5.32 Å². The zero-order valence-electron chi connectivity index (χ0n) is 13.2. The Labute approximate surface area is 132 Å².